The Hall–Kier alpha value is -0.990. The molecule has 0 aliphatic carbocycles. The van der Waals surface area contributed by atoms with E-state index >= 15 is 0 Å². The van der Waals surface area contributed by atoms with Gasteiger partial charge in [-0.15, -0.1) is 0 Å². The molecule has 3 aliphatic heterocycles. The summed E-state index contributed by atoms with van der Waals surface area (Å²) in [7, 11) is 0. The molecule has 0 aromatic rings. The number of cyclic esters (lactones) is 1. The molecular weight excluding hydrogens is 532 g/mol. The minimum atomic E-state index is -0.482. The molecule has 2 saturated heterocycles. The molecule has 3 rings (SSSR count). The standard InChI is InChI=1S/C35H62O7/c1-3-4-5-6-7-8-12-15-18-29(37)31-20-22-33(41-31)34-23-21-32(42-34)30(38)19-16-13-10-9-11-14-17-28(36)25-27-24-26(2)40-35(27)39/h24,26,28-34,36-38H,3-23,25H2,1-2H3/t26?,28?,29-,30+,31+,32+,33+,34+/m0/s1. The molecule has 3 N–H and O–H groups in total. The first-order valence-electron chi connectivity index (χ1n) is 17.6. The monoisotopic (exact) mass is 594 g/mol. The molecule has 0 bridgehead atoms. The largest absolute Gasteiger partial charge is 0.455 e. The molecule has 3 heterocycles. The number of carbonyl (C=O) groups excluding carboxylic acids is 1. The van der Waals surface area contributed by atoms with Gasteiger partial charge in [-0.05, 0) is 57.9 Å². The topological polar surface area (TPSA) is 105 Å². The number of aliphatic hydroxyl groups excluding tert-OH is 3. The van der Waals surface area contributed by atoms with Crippen LogP contribution in [0.3, 0.4) is 0 Å². The van der Waals surface area contributed by atoms with E-state index in [9.17, 15) is 20.1 Å². The van der Waals surface area contributed by atoms with Crippen LogP contribution in [0.25, 0.3) is 0 Å². The predicted octanol–water partition coefficient (Wildman–Crippen LogP) is 7.08. The molecule has 3 aliphatic rings. The highest BCUT2D eigenvalue weighted by molar-refractivity contribution is 5.90. The van der Waals surface area contributed by atoms with Gasteiger partial charge in [-0.2, -0.15) is 0 Å². The van der Waals surface area contributed by atoms with Gasteiger partial charge in [-0.25, -0.2) is 4.79 Å². The summed E-state index contributed by atoms with van der Waals surface area (Å²) >= 11 is 0. The summed E-state index contributed by atoms with van der Waals surface area (Å²) in [5.41, 5.74) is 0.606. The molecule has 7 heteroatoms. The quantitative estimate of drug-likeness (QED) is 0.0858. The Labute approximate surface area is 255 Å². The van der Waals surface area contributed by atoms with E-state index < -0.39 is 12.2 Å². The van der Waals surface area contributed by atoms with Crippen LogP contribution in [-0.4, -0.2) is 70.1 Å². The van der Waals surface area contributed by atoms with Crippen LogP contribution in [0.4, 0.5) is 0 Å². The van der Waals surface area contributed by atoms with E-state index in [1.807, 2.05) is 6.92 Å². The summed E-state index contributed by atoms with van der Waals surface area (Å²) in [6.45, 7) is 4.08. The van der Waals surface area contributed by atoms with Gasteiger partial charge in [0.25, 0.3) is 0 Å². The Bertz CT molecular complexity index is 770. The normalized spacial score (nSPS) is 28.2. The van der Waals surface area contributed by atoms with Crippen LogP contribution in [-0.2, 0) is 19.0 Å². The van der Waals surface area contributed by atoms with Crippen molar-refractivity contribution in [2.24, 2.45) is 0 Å². The van der Waals surface area contributed by atoms with Gasteiger partial charge < -0.3 is 29.5 Å². The van der Waals surface area contributed by atoms with Crippen LogP contribution in [0.5, 0.6) is 0 Å². The molecule has 0 aromatic heterocycles. The van der Waals surface area contributed by atoms with Crippen LogP contribution in [0.15, 0.2) is 11.6 Å². The van der Waals surface area contributed by atoms with Crippen molar-refractivity contribution in [3.05, 3.63) is 11.6 Å². The zero-order valence-electron chi connectivity index (χ0n) is 26.7. The molecule has 7 nitrogen and oxygen atoms in total. The van der Waals surface area contributed by atoms with Crippen LogP contribution in [0.2, 0.25) is 0 Å². The third-order valence-electron chi connectivity index (χ3n) is 9.53. The number of hydrogen-bond acceptors (Lipinski definition) is 7. The van der Waals surface area contributed by atoms with Crippen molar-refractivity contribution in [3.8, 4) is 0 Å². The summed E-state index contributed by atoms with van der Waals surface area (Å²) in [6, 6.07) is 0. The van der Waals surface area contributed by atoms with Crippen molar-refractivity contribution >= 4 is 5.97 Å². The van der Waals surface area contributed by atoms with Crippen molar-refractivity contribution in [1.29, 1.82) is 0 Å². The number of esters is 1. The van der Waals surface area contributed by atoms with Gasteiger partial charge >= 0.3 is 5.97 Å². The summed E-state index contributed by atoms with van der Waals surface area (Å²) < 4.78 is 17.6. The second kappa shape index (κ2) is 20.1. The fourth-order valence-electron chi connectivity index (χ4n) is 6.93. The maximum Gasteiger partial charge on any atom is 0.334 e. The van der Waals surface area contributed by atoms with Crippen LogP contribution in [0, 0.1) is 0 Å². The number of rotatable bonds is 23. The van der Waals surface area contributed by atoms with Gasteiger partial charge in [0.1, 0.15) is 6.10 Å². The van der Waals surface area contributed by atoms with Gasteiger partial charge in [-0.3, -0.25) is 0 Å². The molecule has 0 amide bonds. The van der Waals surface area contributed by atoms with Gasteiger partial charge in [-0.1, -0.05) is 96.8 Å². The molecule has 0 saturated carbocycles. The predicted molar refractivity (Wildman–Crippen MR) is 166 cm³/mol. The summed E-state index contributed by atoms with van der Waals surface area (Å²) in [6.07, 6.45) is 23.2. The number of carbonyl (C=O) groups is 1. The minimum absolute atomic E-state index is 0.0410. The third kappa shape index (κ3) is 12.9. The zero-order valence-corrected chi connectivity index (χ0v) is 26.7. The molecule has 42 heavy (non-hydrogen) atoms. The first-order chi connectivity index (χ1) is 20.4. The molecular formula is C35H62O7. The van der Waals surface area contributed by atoms with Crippen LogP contribution < -0.4 is 0 Å². The molecule has 2 fully saturated rings. The van der Waals surface area contributed by atoms with Crippen molar-refractivity contribution in [2.75, 3.05) is 0 Å². The van der Waals surface area contributed by atoms with E-state index in [0.717, 1.165) is 83.5 Å². The Morgan fingerprint density at radius 1 is 0.690 bits per heavy atom. The highest BCUT2D eigenvalue weighted by Crippen LogP contribution is 2.34. The lowest BCUT2D eigenvalue weighted by molar-refractivity contribution is -0.139. The van der Waals surface area contributed by atoms with E-state index in [2.05, 4.69) is 6.92 Å². The molecule has 0 aromatic carbocycles. The van der Waals surface area contributed by atoms with E-state index in [1.54, 1.807) is 6.08 Å². The number of aliphatic hydroxyl groups is 3. The van der Waals surface area contributed by atoms with Crippen LogP contribution in [0.1, 0.15) is 155 Å². The van der Waals surface area contributed by atoms with Crippen molar-refractivity contribution in [2.45, 2.75) is 204 Å². The van der Waals surface area contributed by atoms with Gasteiger partial charge in [0.05, 0.1) is 42.7 Å². The average molecular weight is 595 g/mol. The maximum atomic E-state index is 11.7. The van der Waals surface area contributed by atoms with E-state index in [-0.39, 0.29) is 42.6 Å². The van der Waals surface area contributed by atoms with Gasteiger partial charge in [0, 0.05) is 12.0 Å². The summed E-state index contributed by atoms with van der Waals surface area (Å²) in [4.78, 5) is 11.7. The van der Waals surface area contributed by atoms with Crippen molar-refractivity contribution in [3.63, 3.8) is 0 Å². The average Bonchev–Trinajstić information content (AvgIpc) is 3.72. The minimum Gasteiger partial charge on any atom is -0.455 e. The van der Waals surface area contributed by atoms with E-state index in [1.165, 1.54) is 44.9 Å². The zero-order chi connectivity index (χ0) is 30.2. The van der Waals surface area contributed by atoms with Gasteiger partial charge in [0.15, 0.2) is 0 Å². The SMILES string of the molecule is CCCCCCCCCC[C@H](O)[C@H]1CC[C@H]([C@H]2CC[C@H]([C@H](O)CCCCCCCCC(O)CC3=CC(C)OC3=O)O2)O1. The fraction of sp³-hybridized carbons (Fsp3) is 0.914. The molecule has 0 spiro atoms. The lowest BCUT2D eigenvalue weighted by Crippen LogP contribution is -2.33. The summed E-state index contributed by atoms with van der Waals surface area (Å²) in [5, 5.41) is 31.6. The maximum absolute atomic E-state index is 11.7. The smallest absolute Gasteiger partial charge is 0.334 e. The Morgan fingerprint density at radius 2 is 1.14 bits per heavy atom. The van der Waals surface area contributed by atoms with Crippen molar-refractivity contribution in [1.82, 2.24) is 0 Å². The summed E-state index contributed by atoms with van der Waals surface area (Å²) in [5.74, 6) is -0.290. The Kier molecular flexibility index (Phi) is 17.0. The highest BCUT2D eigenvalue weighted by Gasteiger charge is 2.40. The number of hydrogen-bond donors (Lipinski definition) is 3. The lowest BCUT2D eigenvalue weighted by atomic mass is 10.00. The molecule has 0 radical (unpaired) electrons. The third-order valence-corrected chi connectivity index (χ3v) is 9.53. The highest BCUT2D eigenvalue weighted by atomic mass is 16.6. The second-order valence-electron chi connectivity index (χ2n) is 13.3. The van der Waals surface area contributed by atoms with Crippen LogP contribution >= 0.6 is 0 Å². The Balaban J connectivity index is 1.16. The van der Waals surface area contributed by atoms with E-state index in [0.29, 0.717) is 18.4 Å². The number of unbranched alkanes of at least 4 members (excludes halogenated alkanes) is 12. The molecule has 2 unspecified atom stereocenters. The Morgan fingerprint density at radius 3 is 1.60 bits per heavy atom. The fourth-order valence-corrected chi connectivity index (χ4v) is 6.93. The first kappa shape index (κ1) is 35.5. The molecule has 244 valence electrons. The molecule has 8 atom stereocenters. The van der Waals surface area contributed by atoms with Gasteiger partial charge in [0.2, 0.25) is 0 Å². The van der Waals surface area contributed by atoms with Crippen molar-refractivity contribution < 1.29 is 34.3 Å². The number of ether oxygens (including phenoxy) is 3. The lowest BCUT2D eigenvalue weighted by Gasteiger charge is -2.24. The van der Waals surface area contributed by atoms with E-state index in [4.69, 9.17) is 14.2 Å². The first-order valence-corrected chi connectivity index (χ1v) is 17.6. The second-order valence-corrected chi connectivity index (χ2v) is 13.3.